The standard InChI is InChI=1S/C18H24O8S/c1-17(2)21-10-12(23-17)13-14(15-16(22-13)25-18(3,4)24-15)26-27(19,20)11-8-6-5-7-9-11/h5-9,12-16H,10H2,1-4H3/t12-,13-,14-,15+,16-/m0/s1. The Hall–Kier alpha value is -1.07. The zero-order valence-electron chi connectivity index (χ0n) is 15.7. The van der Waals surface area contributed by atoms with Crippen molar-refractivity contribution in [1.29, 1.82) is 0 Å². The molecule has 0 aromatic heterocycles. The number of fused-ring (bicyclic) bond motifs is 1. The van der Waals surface area contributed by atoms with Gasteiger partial charge in [0.1, 0.15) is 24.4 Å². The fourth-order valence-electron chi connectivity index (χ4n) is 3.58. The van der Waals surface area contributed by atoms with Crippen molar-refractivity contribution in [2.24, 2.45) is 0 Å². The largest absolute Gasteiger partial charge is 0.348 e. The van der Waals surface area contributed by atoms with E-state index in [-0.39, 0.29) is 11.5 Å². The van der Waals surface area contributed by atoms with Crippen molar-refractivity contribution in [3.05, 3.63) is 30.3 Å². The summed E-state index contributed by atoms with van der Waals surface area (Å²) in [5, 5.41) is 0. The molecule has 0 bridgehead atoms. The summed E-state index contributed by atoms with van der Waals surface area (Å²) in [6.45, 7) is 7.31. The number of hydrogen-bond donors (Lipinski definition) is 0. The smallest absolute Gasteiger partial charge is 0.297 e. The lowest BCUT2D eigenvalue weighted by atomic mass is 10.1. The lowest BCUT2D eigenvalue weighted by molar-refractivity contribution is -0.230. The van der Waals surface area contributed by atoms with Crippen LogP contribution < -0.4 is 0 Å². The van der Waals surface area contributed by atoms with Crippen LogP contribution in [0.4, 0.5) is 0 Å². The molecule has 3 heterocycles. The van der Waals surface area contributed by atoms with E-state index in [1.165, 1.54) is 12.1 Å². The van der Waals surface area contributed by atoms with Crippen LogP contribution in [-0.2, 0) is 38.0 Å². The maximum Gasteiger partial charge on any atom is 0.297 e. The van der Waals surface area contributed by atoms with Crippen molar-refractivity contribution in [2.45, 2.75) is 74.9 Å². The normalized spacial score (nSPS) is 37.4. The molecule has 5 atom stereocenters. The van der Waals surface area contributed by atoms with Gasteiger partial charge in [0.25, 0.3) is 10.1 Å². The second kappa shape index (κ2) is 6.48. The molecule has 4 rings (SSSR count). The van der Waals surface area contributed by atoms with Crippen LogP contribution in [-0.4, -0.2) is 57.3 Å². The molecule has 3 saturated heterocycles. The molecule has 0 spiro atoms. The molecule has 0 N–H and O–H groups in total. The van der Waals surface area contributed by atoms with Gasteiger partial charge in [-0.15, -0.1) is 0 Å². The van der Waals surface area contributed by atoms with Crippen LogP contribution in [0.5, 0.6) is 0 Å². The first-order valence-corrected chi connectivity index (χ1v) is 10.3. The van der Waals surface area contributed by atoms with Crippen LogP contribution in [0, 0.1) is 0 Å². The topological polar surface area (TPSA) is 89.5 Å². The van der Waals surface area contributed by atoms with Gasteiger partial charge in [0.2, 0.25) is 0 Å². The van der Waals surface area contributed by atoms with E-state index in [1.54, 1.807) is 45.9 Å². The van der Waals surface area contributed by atoms with Gasteiger partial charge in [0, 0.05) is 0 Å². The van der Waals surface area contributed by atoms with Crippen LogP contribution in [0.2, 0.25) is 0 Å². The third-order valence-corrected chi connectivity index (χ3v) is 6.02. The van der Waals surface area contributed by atoms with E-state index in [4.69, 9.17) is 27.9 Å². The average Bonchev–Trinajstić information content (AvgIpc) is 3.19. The minimum absolute atomic E-state index is 0.0642. The Balaban J connectivity index is 1.61. The highest BCUT2D eigenvalue weighted by molar-refractivity contribution is 7.86. The summed E-state index contributed by atoms with van der Waals surface area (Å²) >= 11 is 0. The Morgan fingerprint density at radius 3 is 2.30 bits per heavy atom. The predicted molar refractivity (Wildman–Crippen MR) is 92.1 cm³/mol. The summed E-state index contributed by atoms with van der Waals surface area (Å²) in [4.78, 5) is 0.0642. The van der Waals surface area contributed by atoms with Gasteiger partial charge in [0.15, 0.2) is 17.9 Å². The van der Waals surface area contributed by atoms with Crippen molar-refractivity contribution in [2.75, 3.05) is 6.61 Å². The molecule has 0 amide bonds. The van der Waals surface area contributed by atoms with Gasteiger partial charge in [-0.1, -0.05) is 18.2 Å². The minimum Gasteiger partial charge on any atom is -0.348 e. The monoisotopic (exact) mass is 400 g/mol. The Labute approximate surface area is 158 Å². The Kier molecular flexibility index (Phi) is 4.62. The molecule has 9 heteroatoms. The molecule has 27 heavy (non-hydrogen) atoms. The highest BCUT2D eigenvalue weighted by Crippen LogP contribution is 2.42. The van der Waals surface area contributed by atoms with Gasteiger partial charge in [-0.05, 0) is 39.8 Å². The van der Waals surface area contributed by atoms with Crippen molar-refractivity contribution < 1.29 is 36.3 Å². The molecule has 0 unspecified atom stereocenters. The van der Waals surface area contributed by atoms with E-state index in [2.05, 4.69) is 0 Å². The Morgan fingerprint density at radius 1 is 0.963 bits per heavy atom. The van der Waals surface area contributed by atoms with E-state index in [9.17, 15) is 8.42 Å². The molecule has 0 aliphatic carbocycles. The van der Waals surface area contributed by atoms with Gasteiger partial charge < -0.3 is 23.7 Å². The zero-order chi connectivity index (χ0) is 19.4. The first kappa shape index (κ1) is 19.3. The fraction of sp³-hybridized carbons (Fsp3) is 0.667. The van der Waals surface area contributed by atoms with E-state index >= 15 is 0 Å². The molecule has 3 aliphatic rings. The second-order valence-corrected chi connectivity index (χ2v) is 9.34. The summed E-state index contributed by atoms with van der Waals surface area (Å²) in [5.41, 5.74) is 0. The maximum absolute atomic E-state index is 12.8. The van der Waals surface area contributed by atoms with Gasteiger partial charge in [-0.2, -0.15) is 8.42 Å². The maximum atomic E-state index is 12.8. The van der Waals surface area contributed by atoms with Crippen molar-refractivity contribution in [3.8, 4) is 0 Å². The zero-order valence-corrected chi connectivity index (χ0v) is 16.5. The minimum atomic E-state index is -4.02. The molecule has 1 aromatic carbocycles. The van der Waals surface area contributed by atoms with Crippen LogP contribution in [0.15, 0.2) is 35.2 Å². The summed E-state index contributed by atoms with van der Waals surface area (Å²) in [5.74, 6) is -1.68. The van der Waals surface area contributed by atoms with Gasteiger partial charge in [-0.25, -0.2) is 0 Å². The van der Waals surface area contributed by atoms with Crippen LogP contribution in [0.1, 0.15) is 27.7 Å². The lowest BCUT2D eigenvalue weighted by Crippen LogP contribution is -2.45. The van der Waals surface area contributed by atoms with Crippen molar-refractivity contribution in [3.63, 3.8) is 0 Å². The van der Waals surface area contributed by atoms with Gasteiger partial charge in [-0.3, -0.25) is 4.18 Å². The summed E-state index contributed by atoms with van der Waals surface area (Å²) in [6.07, 6.45) is -3.58. The van der Waals surface area contributed by atoms with E-state index in [1.807, 2.05) is 0 Å². The fourth-order valence-corrected chi connectivity index (χ4v) is 4.69. The lowest BCUT2D eigenvalue weighted by Gasteiger charge is -2.28. The first-order chi connectivity index (χ1) is 12.6. The van der Waals surface area contributed by atoms with Gasteiger partial charge >= 0.3 is 0 Å². The molecule has 3 aliphatic heterocycles. The molecule has 0 saturated carbocycles. The number of benzene rings is 1. The molecule has 1 aromatic rings. The summed E-state index contributed by atoms with van der Waals surface area (Å²) < 4.78 is 60.2. The number of rotatable bonds is 4. The van der Waals surface area contributed by atoms with Crippen molar-refractivity contribution >= 4 is 10.1 Å². The molecular weight excluding hydrogens is 376 g/mol. The summed E-state index contributed by atoms with van der Waals surface area (Å²) in [6, 6.07) is 7.96. The highest BCUT2D eigenvalue weighted by Gasteiger charge is 2.60. The predicted octanol–water partition coefficient (Wildman–Crippen LogP) is 1.79. The Bertz CT molecular complexity index is 791. The summed E-state index contributed by atoms with van der Waals surface area (Å²) in [7, 11) is -4.02. The second-order valence-electron chi connectivity index (χ2n) is 7.76. The third kappa shape index (κ3) is 3.77. The van der Waals surface area contributed by atoms with Crippen molar-refractivity contribution in [1.82, 2.24) is 0 Å². The number of ether oxygens (including phenoxy) is 5. The molecule has 0 radical (unpaired) electrons. The van der Waals surface area contributed by atoms with Crippen LogP contribution in [0.25, 0.3) is 0 Å². The number of hydrogen-bond acceptors (Lipinski definition) is 8. The van der Waals surface area contributed by atoms with Crippen LogP contribution in [0.3, 0.4) is 0 Å². The SMILES string of the molecule is CC1(C)O[C@@H]2O[C@@H]([C@@H]3COC(C)(C)O3)[C@H](OS(=O)(=O)c3ccccc3)[C@H]2O1. The first-order valence-electron chi connectivity index (χ1n) is 8.88. The van der Waals surface area contributed by atoms with Crippen LogP contribution >= 0.6 is 0 Å². The van der Waals surface area contributed by atoms with E-state index < -0.39 is 52.4 Å². The molecular formula is C18H24O8S. The molecule has 150 valence electrons. The van der Waals surface area contributed by atoms with E-state index in [0.717, 1.165) is 0 Å². The molecule has 3 fully saturated rings. The quantitative estimate of drug-likeness (QED) is 0.707. The van der Waals surface area contributed by atoms with Gasteiger partial charge in [0.05, 0.1) is 11.5 Å². The average molecular weight is 400 g/mol. The van der Waals surface area contributed by atoms with E-state index in [0.29, 0.717) is 0 Å². The Morgan fingerprint density at radius 2 is 1.67 bits per heavy atom. The molecule has 8 nitrogen and oxygen atoms in total. The third-order valence-electron chi connectivity index (χ3n) is 4.69. The highest BCUT2D eigenvalue weighted by atomic mass is 32.2.